The molecule has 0 aliphatic rings. The summed E-state index contributed by atoms with van der Waals surface area (Å²) >= 11 is 5.82. The van der Waals surface area contributed by atoms with Crippen LogP contribution in [0.4, 0.5) is 0 Å². The van der Waals surface area contributed by atoms with E-state index >= 15 is 0 Å². The molecule has 0 amide bonds. The molecule has 1 unspecified atom stereocenters. The third-order valence-corrected chi connectivity index (χ3v) is 1.49. The number of aliphatic imine (C=N–C) groups is 1. The molecular weight excluding hydrogens is 160 g/mol. The fourth-order valence-corrected chi connectivity index (χ4v) is 0.842. The van der Waals surface area contributed by atoms with Crippen molar-refractivity contribution >= 4 is 17.8 Å². The van der Waals surface area contributed by atoms with E-state index in [9.17, 15) is 0 Å². The highest BCUT2D eigenvalue weighted by molar-refractivity contribution is 6.20. The molecule has 0 heterocycles. The SMILES string of the molecule is C/C=C\C=N/[C@H](NC)C(C)Cl. The smallest absolute Gasteiger partial charge is 0.115 e. The molecule has 0 saturated carbocycles. The molecule has 64 valence electrons. The number of hydrogen-bond donors (Lipinski definition) is 1. The maximum absolute atomic E-state index is 5.82. The lowest BCUT2D eigenvalue weighted by Crippen LogP contribution is -2.30. The van der Waals surface area contributed by atoms with Crippen molar-refractivity contribution in [3.63, 3.8) is 0 Å². The number of rotatable bonds is 4. The van der Waals surface area contributed by atoms with Crippen LogP contribution < -0.4 is 5.32 Å². The van der Waals surface area contributed by atoms with Gasteiger partial charge < -0.3 is 0 Å². The summed E-state index contributed by atoms with van der Waals surface area (Å²) in [5.74, 6) is 0. The molecule has 0 rings (SSSR count). The van der Waals surface area contributed by atoms with E-state index in [1.165, 1.54) is 0 Å². The lowest BCUT2D eigenvalue weighted by atomic mass is 10.4. The third-order valence-electron chi connectivity index (χ3n) is 1.26. The zero-order valence-corrected chi connectivity index (χ0v) is 7.97. The van der Waals surface area contributed by atoms with Gasteiger partial charge in [-0.15, -0.1) is 11.6 Å². The number of nitrogens with zero attached hydrogens (tertiary/aromatic N) is 1. The minimum absolute atomic E-state index is 0.00728. The van der Waals surface area contributed by atoms with Crippen LogP contribution in [0.3, 0.4) is 0 Å². The molecule has 2 atom stereocenters. The highest BCUT2D eigenvalue weighted by atomic mass is 35.5. The van der Waals surface area contributed by atoms with Crippen LogP contribution in [0.25, 0.3) is 0 Å². The minimum Gasteiger partial charge on any atom is -0.298 e. The predicted octanol–water partition coefficient (Wildman–Crippen LogP) is 1.81. The van der Waals surface area contributed by atoms with E-state index in [-0.39, 0.29) is 11.5 Å². The van der Waals surface area contributed by atoms with Crippen LogP contribution in [0.5, 0.6) is 0 Å². The minimum atomic E-state index is 0.00728. The maximum Gasteiger partial charge on any atom is 0.115 e. The van der Waals surface area contributed by atoms with Crippen LogP contribution in [-0.4, -0.2) is 24.8 Å². The summed E-state index contributed by atoms with van der Waals surface area (Å²) < 4.78 is 0. The van der Waals surface area contributed by atoms with Crippen molar-refractivity contribution in [3.8, 4) is 0 Å². The Hall–Kier alpha value is -0.340. The Labute approximate surface area is 73.4 Å². The largest absolute Gasteiger partial charge is 0.298 e. The number of nitrogens with one attached hydrogen (secondary N) is 1. The first kappa shape index (κ1) is 10.7. The predicted molar refractivity (Wildman–Crippen MR) is 51.5 cm³/mol. The summed E-state index contributed by atoms with van der Waals surface area (Å²) in [6.07, 6.45) is 5.56. The Morgan fingerprint density at radius 3 is 2.55 bits per heavy atom. The Morgan fingerprint density at radius 1 is 1.55 bits per heavy atom. The van der Waals surface area contributed by atoms with Crippen LogP contribution in [0, 0.1) is 0 Å². The molecule has 0 saturated heterocycles. The van der Waals surface area contributed by atoms with Gasteiger partial charge in [-0.2, -0.15) is 0 Å². The molecule has 0 radical (unpaired) electrons. The van der Waals surface area contributed by atoms with Gasteiger partial charge in [0.05, 0.1) is 5.38 Å². The second-order valence-electron chi connectivity index (χ2n) is 2.23. The number of halogens is 1. The average Bonchev–Trinajstić information content (AvgIpc) is 1.97. The molecule has 0 aromatic carbocycles. The van der Waals surface area contributed by atoms with Gasteiger partial charge in [-0.25, -0.2) is 0 Å². The van der Waals surface area contributed by atoms with Gasteiger partial charge in [0.25, 0.3) is 0 Å². The summed E-state index contributed by atoms with van der Waals surface area (Å²) in [6.45, 7) is 3.86. The van der Waals surface area contributed by atoms with E-state index in [0.717, 1.165) is 0 Å². The molecule has 1 N–H and O–H groups in total. The van der Waals surface area contributed by atoms with Gasteiger partial charge in [0.15, 0.2) is 0 Å². The monoisotopic (exact) mass is 174 g/mol. The van der Waals surface area contributed by atoms with Crippen molar-refractivity contribution in [1.82, 2.24) is 5.32 Å². The van der Waals surface area contributed by atoms with Crippen LogP contribution in [0.1, 0.15) is 13.8 Å². The van der Waals surface area contributed by atoms with Crippen molar-refractivity contribution in [2.45, 2.75) is 25.4 Å². The quantitative estimate of drug-likeness (QED) is 0.510. The van der Waals surface area contributed by atoms with E-state index in [2.05, 4.69) is 10.3 Å². The first-order valence-corrected chi connectivity index (χ1v) is 4.11. The van der Waals surface area contributed by atoms with Crippen molar-refractivity contribution in [2.75, 3.05) is 7.05 Å². The van der Waals surface area contributed by atoms with Crippen molar-refractivity contribution in [1.29, 1.82) is 0 Å². The molecule has 11 heavy (non-hydrogen) atoms. The first-order chi connectivity index (χ1) is 5.22. The fourth-order valence-electron chi connectivity index (χ4n) is 0.651. The van der Waals surface area contributed by atoms with E-state index in [1.807, 2.05) is 33.0 Å². The fraction of sp³-hybridized carbons (Fsp3) is 0.625. The lowest BCUT2D eigenvalue weighted by Gasteiger charge is -2.12. The highest BCUT2D eigenvalue weighted by Crippen LogP contribution is 2.01. The van der Waals surface area contributed by atoms with Gasteiger partial charge in [0.2, 0.25) is 0 Å². The molecule has 2 nitrogen and oxygen atoms in total. The number of hydrogen-bond acceptors (Lipinski definition) is 2. The third kappa shape index (κ3) is 4.99. The van der Waals surface area contributed by atoms with E-state index < -0.39 is 0 Å². The molecule has 0 aliphatic carbocycles. The number of allylic oxidation sites excluding steroid dienone is 2. The van der Waals surface area contributed by atoms with Crippen LogP contribution in [-0.2, 0) is 0 Å². The molecule has 0 aromatic heterocycles. The van der Waals surface area contributed by atoms with Crippen molar-refractivity contribution in [2.24, 2.45) is 4.99 Å². The van der Waals surface area contributed by atoms with Gasteiger partial charge >= 0.3 is 0 Å². The average molecular weight is 175 g/mol. The van der Waals surface area contributed by atoms with Crippen molar-refractivity contribution in [3.05, 3.63) is 12.2 Å². The number of alkyl halides is 1. The summed E-state index contributed by atoms with van der Waals surface area (Å²) in [5.41, 5.74) is 0. The van der Waals surface area contributed by atoms with Crippen LogP contribution in [0.15, 0.2) is 17.1 Å². The van der Waals surface area contributed by atoms with Crippen molar-refractivity contribution < 1.29 is 0 Å². The van der Waals surface area contributed by atoms with E-state index in [0.29, 0.717) is 0 Å². The Bertz CT molecular complexity index is 141. The van der Waals surface area contributed by atoms with Gasteiger partial charge in [-0.3, -0.25) is 10.3 Å². The highest BCUT2D eigenvalue weighted by Gasteiger charge is 2.08. The molecule has 0 spiro atoms. The van der Waals surface area contributed by atoms with Crippen LogP contribution >= 0.6 is 11.6 Å². The standard InChI is InChI=1S/C8H15ClN2/c1-4-5-6-11-8(10-3)7(2)9/h4-8,10H,1-3H3/b5-4-,11-6-/t7?,8-/m0/s1. The summed E-state index contributed by atoms with van der Waals surface area (Å²) in [7, 11) is 1.84. The Kier molecular flexibility index (Phi) is 6.18. The first-order valence-electron chi connectivity index (χ1n) is 3.68. The normalized spacial score (nSPS) is 17.8. The summed E-state index contributed by atoms with van der Waals surface area (Å²) in [5, 5.41) is 3.01. The summed E-state index contributed by atoms with van der Waals surface area (Å²) in [4.78, 5) is 4.18. The molecule has 0 fully saturated rings. The van der Waals surface area contributed by atoms with Gasteiger partial charge in [0.1, 0.15) is 6.17 Å². The van der Waals surface area contributed by atoms with Gasteiger partial charge in [-0.1, -0.05) is 6.08 Å². The van der Waals surface area contributed by atoms with E-state index in [4.69, 9.17) is 11.6 Å². The zero-order chi connectivity index (χ0) is 8.69. The zero-order valence-electron chi connectivity index (χ0n) is 7.21. The topological polar surface area (TPSA) is 24.4 Å². The summed E-state index contributed by atoms with van der Waals surface area (Å²) in [6, 6.07) is 0. The second-order valence-corrected chi connectivity index (χ2v) is 2.92. The Morgan fingerprint density at radius 2 is 2.18 bits per heavy atom. The molecular formula is C8H15ClN2. The Balaban J connectivity index is 3.86. The lowest BCUT2D eigenvalue weighted by molar-refractivity contribution is 0.579. The van der Waals surface area contributed by atoms with Gasteiger partial charge in [-0.05, 0) is 27.0 Å². The van der Waals surface area contributed by atoms with Crippen LogP contribution in [0.2, 0.25) is 0 Å². The molecule has 3 heteroatoms. The molecule has 0 bridgehead atoms. The second kappa shape index (κ2) is 6.38. The van der Waals surface area contributed by atoms with Gasteiger partial charge in [0, 0.05) is 6.21 Å². The molecule has 0 aromatic rings. The maximum atomic E-state index is 5.82. The van der Waals surface area contributed by atoms with E-state index in [1.54, 1.807) is 6.21 Å². The molecule has 0 aliphatic heterocycles.